The minimum atomic E-state index is -0.408. The maximum absolute atomic E-state index is 11.1. The molecule has 5 nitrogen and oxygen atoms in total. The highest BCUT2D eigenvalue weighted by Crippen LogP contribution is 2.29. The number of nitro groups is 1. The number of methoxy groups -OCH3 is 1. The van der Waals surface area contributed by atoms with Crippen molar-refractivity contribution in [2.75, 3.05) is 12.4 Å². The molecule has 0 saturated heterocycles. The van der Waals surface area contributed by atoms with E-state index in [9.17, 15) is 10.1 Å². The van der Waals surface area contributed by atoms with E-state index in [1.807, 2.05) is 0 Å². The molecule has 21 heavy (non-hydrogen) atoms. The fraction of sp³-hybridized carbons (Fsp3) is 0.143. The number of anilines is 1. The van der Waals surface area contributed by atoms with Crippen molar-refractivity contribution in [2.45, 2.75) is 6.54 Å². The Hall–Kier alpha value is -1.79. The lowest BCUT2D eigenvalue weighted by molar-refractivity contribution is -0.385. The van der Waals surface area contributed by atoms with Crippen LogP contribution in [-0.4, -0.2) is 12.0 Å². The maximum Gasteiger partial charge on any atom is 0.275 e. The number of nitrogens with zero attached hydrogens (tertiary/aromatic N) is 1. The summed E-state index contributed by atoms with van der Waals surface area (Å²) in [6.45, 7) is 0.288. The van der Waals surface area contributed by atoms with Crippen LogP contribution in [0.5, 0.6) is 5.75 Å². The van der Waals surface area contributed by atoms with E-state index in [-0.39, 0.29) is 12.2 Å². The topological polar surface area (TPSA) is 64.4 Å². The molecule has 2 rings (SSSR count). The quantitative estimate of drug-likeness (QED) is 0.614. The first kappa shape index (κ1) is 15.6. The Balaban J connectivity index is 2.22. The van der Waals surface area contributed by atoms with Gasteiger partial charge in [0, 0.05) is 28.7 Å². The van der Waals surface area contributed by atoms with Crippen molar-refractivity contribution in [1.29, 1.82) is 0 Å². The van der Waals surface area contributed by atoms with Crippen molar-refractivity contribution < 1.29 is 9.66 Å². The lowest BCUT2D eigenvalue weighted by Gasteiger charge is -2.10. The minimum absolute atomic E-state index is 0.0518. The van der Waals surface area contributed by atoms with Crippen LogP contribution in [0.25, 0.3) is 0 Å². The number of nitro benzene ring substituents is 1. The average molecular weight is 372 g/mol. The van der Waals surface area contributed by atoms with Gasteiger partial charge in [0.15, 0.2) is 0 Å². The number of halogens is 2. The molecule has 0 radical (unpaired) electrons. The van der Waals surface area contributed by atoms with Crippen LogP contribution in [0.15, 0.2) is 40.9 Å². The molecule has 0 fully saturated rings. The molecule has 0 aromatic heterocycles. The molecule has 2 aromatic rings. The van der Waals surface area contributed by atoms with E-state index < -0.39 is 4.92 Å². The smallest absolute Gasteiger partial charge is 0.275 e. The zero-order chi connectivity index (χ0) is 15.4. The third-order valence-electron chi connectivity index (χ3n) is 2.89. The second-order valence-corrected chi connectivity index (χ2v) is 5.55. The van der Waals surface area contributed by atoms with E-state index in [0.29, 0.717) is 26.5 Å². The highest BCUT2D eigenvalue weighted by Gasteiger charge is 2.14. The van der Waals surface area contributed by atoms with Crippen molar-refractivity contribution in [3.63, 3.8) is 0 Å². The van der Waals surface area contributed by atoms with E-state index in [4.69, 9.17) is 16.3 Å². The molecule has 0 aliphatic heterocycles. The normalized spacial score (nSPS) is 10.2. The second kappa shape index (κ2) is 6.78. The van der Waals surface area contributed by atoms with Crippen LogP contribution in [0.4, 0.5) is 11.4 Å². The molecule has 1 N–H and O–H groups in total. The van der Waals surface area contributed by atoms with E-state index in [1.165, 1.54) is 6.07 Å². The Kier molecular flexibility index (Phi) is 5.03. The Morgan fingerprint density at radius 3 is 2.76 bits per heavy atom. The zero-order valence-electron chi connectivity index (χ0n) is 11.1. The van der Waals surface area contributed by atoms with Gasteiger partial charge in [-0.15, -0.1) is 0 Å². The van der Waals surface area contributed by atoms with Gasteiger partial charge in [0.1, 0.15) is 5.75 Å². The summed E-state index contributed by atoms with van der Waals surface area (Å²) in [6, 6.07) is 10.1. The Bertz CT molecular complexity index is 679. The zero-order valence-corrected chi connectivity index (χ0v) is 13.4. The third-order valence-corrected chi connectivity index (χ3v) is 3.71. The number of benzene rings is 2. The van der Waals surface area contributed by atoms with E-state index in [2.05, 4.69) is 21.2 Å². The molecule has 0 amide bonds. The summed E-state index contributed by atoms with van der Waals surface area (Å²) in [5.74, 6) is 0.659. The number of hydrogen-bond donors (Lipinski definition) is 1. The predicted octanol–water partition coefficient (Wildman–Crippen LogP) is 4.63. The lowest BCUT2D eigenvalue weighted by atomic mass is 10.1. The molecule has 110 valence electrons. The summed E-state index contributed by atoms with van der Waals surface area (Å²) in [5, 5.41) is 14.7. The largest absolute Gasteiger partial charge is 0.497 e. The minimum Gasteiger partial charge on any atom is -0.497 e. The van der Waals surface area contributed by atoms with Gasteiger partial charge in [0.2, 0.25) is 0 Å². The van der Waals surface area contributed by atoms with Gasteiger partial charge in [-0.3, -0.25) is 10.1 Å². The van der Waals surface area contributed by atoms with Crippen molar-refractivity contribution in [1.82, 2.24) is 0 Å². The number of rotatable bonds is 5. The average Bonchev–Trinajstić information content (AvgIpc) is 2.47. The van der Waals surface area contributed by atoms with Crippen LogP contribution in [-0.2, 0) is 6.54 Å². The van der Waals surface area contributed by atoms with Crippen molar-refractivity contribution >= 4 is 38.9 Å². The molecule has 2 aromatic carbocycles. The lowest BCUT2D eigenvalue weighted by Crippen LogP contribution is -2.03. The van der Waals surface area contributed by atoms with Crippen LogP contribution < -0.4 is 10.1 Å². The van der Waals surface area contributed by atoms with E-state index in [0.717, 1.165) is 0 Å². The van der Waals surface area contributed by atoms with Crippen LogP contribution >= 0.6 is 27.5 Å². The summed E-state index contributed by atoms with van der Waals surface area (Å²) in [7, 11) is 1.56. The molecule has 0 aliphatic carbocycles. The number of ether oxygens (including phenoxy) is 1. The predicted molar refractivity (Wildman–Crippen MR) is 86.1 cm³/mol. The molecular formula is C14H12BrClN2O3. The first-order valence-corrected chi connectivity index (χ1v) is 7.18. The standard InChI is InChI=1S/C14H12BrClN2O3/c1-21-11-4-5-12(16)13(7-11)17-8-9-2-3-10(15)6-14(9)18(19)20/h2-7,17H,8H2,1H3. The van der Waals surface area contributed by atoms with Gasteiger partial charge in [-0.2, -0.15) is 0 Å². The Labute approximate surface area is 135 Å². The van der Waals surface area contributed by atoms with Gasteiger partial charge in [-0.25, -0.2) is 0 Å². The summed E-state index contributed by atoms with van der Waals surface area (Å²) >= 11 is 9.32. The monoisotopic (exact) mass is 370 g/mol. The number of hydrogen-bond acceptors (Lipinski definition) is 4. The summed E-state index contributed by atoms with van der Waals surface area (Å²) < 4.78 is 5.79. The molecular weight excluding hydrogens is 360 g/mol. The summed E-state index contributed by atoms with van der Waals surface area (Å²) in [6.07, 6.45) is 0. The van der Waals surface area contributed by atoms with Crippen LogP contribution in [0.1, 0.15) is 5.56 Å². The van der Waals surface area contributed by atoms with Gasteiger partial charge in [0.25, 0.3) is 5.69 Å². The van der Waals surface area contributed by atoms with Gasteiger partial charge < -0.3 is 10.1 Å². The first-order chi connectivity index (χ1) is 10.0. The fourth-order valence-electron chi connectivity index (χ4n) is 1.81. The van der Waals surface area contributed by atoms with Crippen molar-refractivity contribution in [2.24, 2.45) is 0 Å². The molecule has 0 bridgehead atoms. The van der Waals surface area contributed by atoms with Crippen LogP contribution in [0.3, 0.4) is 0 Å². The van der Waals surface area contributed by atoms with Crippen molar-refractivity contribution in [3.8, 4) is 5.75 Å². The highest BCUT2D eigenvalue weighted by atomic mass is 79.9. The van der Waals surface area contributed by atoms with Crippen molar-refractivity contribution in [3.05, 3.63) is 61.6 Å². The first-order valence-electron chi connectivity index (χ1n) is 6.01. The van der Waals surface area contributed by atoms with E-state index in [1.54, 1.807) is 37.4 Å². The summed E-state index contributed by atoms with van der Waals surface area (Å²) in [4.78, 5) is 10.7. The Morgan fingerprint density at radius 1 is 1.33 bits per heavy atom. The fourth-order valence-corrected chi connectivity index (χ4v) is 2.35. The molecule has 0 heterocycles. The number of nitrogens with one attached hydrogen (secondary N) is 1. The molecule has 0 saturated carbocycles. The SMILES string of the molecule is COc1ccc(Cl)c(NCc2ccc(Br)cc2[N+](=O)[O-])c1. The van der Waals surface area contributed by atoms with Gasteiger partial charge in [0.05, 0.1) is 22.7 Å². The Morgan fingerprint density at radius 2 is 2.10 bits per heavy atom. The molecule has 0 aliphatic rings. The van der Waals surface area contributed by atoms with Gasteiger partial charge in [-0.1, -0.05) is 27.5 Å². The second-order valence-electron chi connectivity index (χ2n) is 4.23. The molecule has 0 unspecified atom stereocenters. The van der Waals surface area contributed by atoms with E-state index >= 15 is 0 Å². The van der Waals surface area contributed by atoms with Gasteiger partial charge in [-0.05, 0) is 24.3 Å². The molecule has 7 heteroatoms. The summed E-state index contributed by atoms with van der Waals surface area (Å²) in [5.41, 5.74) is 1.28. The molecule has 0 atom stereocenters. The molecule has 0 spiro atoms. The van der Waals surface area contributed by atoms with Crippen LogP contribution in [0.2, 0.25) is 5.02 Å². The maximum atomic E-state index is 11.1. The van der Waals surface area contributed by atoms with Gasteiger partial charge >= 0.3 is 0 Å². The highest BCUT2D eigenvalue weighted by molar-refractivity contribution is 9.10. The van der Waals surface area contributed by atoms with Crippen LogP contribution in [0, 0.1) is 10.1 Å². The third kappa shape index (κ3) is 3.86.